The van der Waals surface area contributed by atoms with Gasteiger partial charge in [0, 0.05) is 35.6 Å². The van der Waals surface area contributed by atoms with Gasteiger partial charge in [0.1, 0.15) is 35.7 Å². The van der Waals surface area contributed by atoms with Crippen LogP contribution < -0.4 is 14.2 Å². The Balaban J connectivity index is 2.01. The zero-order chi connectivity index (χ0) is 23.9. The lowest BCUT2D eigenvalue weighted by molar-refractivity contribution is -0.132. The number of hydrogen-bond acceptors (Lipinski definition) is 5. The number of benzene rings is 2. The fourth-order valence-electron chi connectivity index (χ4n) is 4.18. The molecule has 0 spiro atoms. The summed E-state index contributed by atoms with van der Waals surface area (Å²) < 4.78 is 18.3. The predicted molar refractivity (Wildman–Crippen MR) is 125 cm³/mol. The van der Waals surface area contributed by atoms with Gasteiger partial charge in [0.2, 0.25) is 0 Å². The number of rotatable bonds is 5. The number of hydrogen-bond donors (Lipinski definition) is 0. The van der Waals surface area contributed by atoms with Crippen LogP contribution in [0.5, 0.6) is 17.2 Å². The van der Waals surface area contributed by atoms with Crippen LogP contribution in [0.4, 0.5) is 0 Å². The van der Waals surface area contributed by atoms with E-state index >= 15 is 0 Å². The third-order valence-electron chi connectivity index (χ3n) is 5.62. The lowest BCUT2D eigenvalue weighted by Gasteiger charge is -2.30. The van der Waals surface area contributed by atoms with E-state index in [9.17, 15) is 9.59 Å². The average Bonchev–Trinajstić information content (AvgIpc) is 3.00. The molecule has 1 heterocycles. The van der Waals surface area contributed by atoms with E-state index in [-0.39, 0.29) is 16.8 Å². The molecule has 0 radical (unpaired) electrons. The minimum absolute atomic E-state index is 0.237. The molecule has 32 heavy (non-hydrogen) atoms. The zero-order valence-electron chi connectivity index (χ0n) is 20.4. The van der Waals surface area contributed by atoms with Gasteiger partial charge in [-0.2, -0.15) is 0 Å². The molecule has 5 heteroatoms. The summed E-state index contributed by atoms with van der Waals surface area (Å²) in [6.45, 7) is 16.5. The minimum atomic E-state index is -0.574. The van der Waals surface area contributed by atoms with Crippen LogP contribution >= 0.6 is 0 Å². The van der Waals surface area contributed by atoms with E-state index in [2.05, 4.69) is 41.5 Å². The van der Waals surface area contributed by atoms with E-state index in [4.69, 9.17) is 14.2 Å². The van der Waals surface area contributed by atoms with Crippen molar-refractivity contribution in [3.63, 3.8) is 0 Å². The Morgan fingerprint density at radius 2 is 1.72 bits per heavy atom. The van der Waals surface area contributed by atoms with Gasteiger partial charge in [0.05, 0.1) is 0 Å². The summed E-state index contributed by atoms with van der Waals surface area (Å²) >= 11 is 0. The first kappa shape index (κ1) is 23.8. The lowest BCUT2D eigenvalue weighted by atomic mass is 9.76. The molecule has 0 aliphatic carbocycles. The molecule has 2 aromatic carbocycles. The molecule has 0 saturated carbocycles. The summed E-state index contributed by atoms with van der Waals surface area (Å²) in [5, 5.41) is 0. The standard InChI is InChI=1S/C27H34O5/c1-17(29)31-24-21(25(2,3)4)13-22-20(23(24)26(5,6)7)14-27(8,32-22)16-30-19-11-9-18(15-28)10-12-19/h9-13,15H,14,16H2,1-8H3. The molecule has 0 amide bonds. The molecule has 0 N–H and O–H groups in total. The van der Waals surface area contributed by atoms with Crippen LogP contribution in [0.15, 0.2) is 30.3 Å². The van der Waals surface area contributed by atoms with Crippen molar-refractivity contribution in [1.82, 2.24) is 0 Å². The van der Waals surface area contributed by atoms with Gasteiger partial charge in [-0.25, -0.2) is 0 Å². The fourth-order valence-corrected chi connectivity index (χ4v) is 4.18. The minimum Gasteiger partial charge on any atom is -0.489 e. The zero-order valence-corrected chi connectivity index (χ0v) is 20.4. The molecule has 0 aromatic heterocycles. The van der Waals surface area contributed by atoms with E-state index in [0.717, 1.165) is 28.7 Å². The number of fused-ring (bicyclic) bond motifs is 1. The Hall–Kier alpha value is -2.82. The fraction of sp³-hybridized carbons (Fsp3) is 0.481. The first-order chi connectivity index (χ1) is 14.7. The van der Waals surface area contributed by atoms with Crippen LogP contribution in [0.3, 0.4) is 0 Å². The smallest absolute Gasteiger partial charge is 0.308 e. The molecule has 1 unspecified atom stereocenters. The van der Waals surface area contributed by atoms with Gasteiger partial charge in [-0.15, -0.1) is 0 Å². The van der Waals surface area contributed by atoms with Crippen molar-refractivity contribution in [1.29, 1.82) is 0 Å². The second kappa shape index (κ2) is 8.27. The molecular weight excluding hydrogens is 404 g/mol. The Bertz CT molecular complexity index is 1020. The highest BCUT2D eigenvalue weighted by Gasteiger charge is 2.42. The average molecular weight is 439 g/mol. The molecule has 0 fully saturated rings. The third-order valence-corrected chi connectivity index (χ3v) is 5.62. The van der Waals surface area contributed by atoms with Crippen LogP contribution in [-0.2, 0) is 22.0 Å². The van der Waals surface area contributed by atoms with Gasteiger partial charge in [0.15, 0.2) is 0 Å². The number of carbonyl (C=O) groups is 2. The quantitative estimate of drug-likeness (QED) is 0.336. The monoisotopic (exact) mass is 438 g/mol. The summed E-state index contributed by atoms with van der Waals surface area (Å²) in [7, 11) is 0. The van der Waals surface area contributed by atoms with E-state index in [0.29, 0.717) is 30.1 Å². The second-order valence-electron chi connectivity index (χ2n) is 10.9. The topological polar surface area (TPSA) is 61.8 Å². The molecule has 0 saturated heterocycles. The normalized spacial score (nSPS) is 18.0. The van der Waals surface area contributed by atoms with E-state index in [1.54, 1.807) is 24.3 Å². The highest BCUT2D eigenvalue weighted by atomic mass is 16.6. The van der Waals surface area contributed by atoms with Crippen LogP contribution in [-0.4, -0.2) is 24.5 Å². The summed E-state index contributed by atoms with van der Waals surface area (Å²) in [6, 6.07) is 9.05. The summed E-state index contributed by atoms with van der Waals surface area (Å²) in [5.74, 6) is 1.82. The predicted octanol–water partition coefficient (Wildman–Crippen LogP) is 5.79. The van der Waals surface area contributed by atoms with Gasteiger partial charge in [-0.05, 0) is 48.1 Å². The Kier molecular flexibility index (Phi) is 6.16. The SMILES string of the molecule is CC(=O)Oc1c(C(C)(C)C)cc2c(c1C(C)(C)C)CC(C)(COc1ccc(C=O)cc1)O2. The van der Waals surface area contributed by atoms with Gasteiger partial charge in [0.25, 0.3) is 0 Å². The molecule has 3 rings (SSSR count). The van der Waals surface area contributed by atoms with E-state index in [1.165, 1.54) is 6.92 Å². The maximum atomic E-state index is 12.0. The van der Waals surface area contributed by atoms with Crippen molar-refractivity contribution in [2.75, 3.05) is 6.61 Å². The number of ether oxygens (including phenoxy) is 3. The Morgan fingerprint density at radius 1 is 1.09 bits per heavy atom. The molecule has 1 aliphatic rings. The number of aldehydes is 1. The lowest BCUT2D eigenvalue weighted by Crippen LogP contribution is -2.37. The molecule has 1 atom stereocenters. The van der Waals surface area contributed by atoms with E-state index < -0.39 is 5.60 Å². The largest absolute Gasteiger partial charge is 0.489 e. The van der Waals surface area contributed by atoms with Crippen LogP contribution in [0, 0.1) is 0 Å². The van der Waals surface area contributed by atoms with Gasteiger partial charge in [-0.3, -0.25) is 9.59 Å². The number of esters is 1. The van der Waals surface area contributed by atoms with Crippen LogP contribution in [0.2, 0.25) is 0 Å². The van der Waals surface area contributed by atoms with Crippen molar-refractivity contribution < 1.29 is 23.8 Å². The van der Waals surface area contributed by atoms with Gasteiger partial charge < -0.3 is 14.2 Å². The first-order valence-electron chi connectivity index (χ1n) is 11.0. The van der Waals surface area contributed by atoms with Crippen LogP contribution in [0.25, 0.3) is 0 Å². The van der Waals surface area contributed by atoms with E-state index in [1.807, 2.05) is 13.0 Å². The molecule has 1 aliphatic heterocycles. The van der Waals surface area contributed by atoms with Crippen molar-refractivity contribution in [3.8, 4) is 17.2 Å². The maximum Gasteiger partial charge on any atom is 0.308 e. The number of carbonyl (C=O) groups excluding carboxylic acids is 2. The highest BCUT2D eigenvalue weighted by molar-refractivity contribution is 5.75. The molecular formula is C27H34O5. The Labute approximate surface area is 191 Å². The maximum absolute atomic E-state index is 12.0. The molecule has 2 aromatic rings. The summed E-state index contributed by atoms with van der Waals surface area (Å²) in [5.41, 5.74) is 2.56. The van der Waals surface area contributed by atoms with Crippen molar-refractivity contribution in [3.05, 3.63) is 52.6 Å². The van der Waals surface area contributed by atoms with Crippen molar-refractivity contribution in [2.24, 2.45) is 0 Å². The second-order valence-corrected chi connectivity index (χ2v) is 10.9. The summed E-state index contributed by atoms with van der Waals surface area (Å²) in [4.78, 5) is 22.9. The van der Waals surface area contributed by atoms with Gasteiger partial charge >= 0.3 is 5.97 Å². The first-order valence-corrected chi connectivity index (χ1v) is 11.0. The van der Waals surface area contributed by atoms with Crippen molar-refractivity contribution in [2.45, 2.75) is 78.2 Å². The van der Waals surface area contributed by atoms with Crippen LogP contribution in [0.1, 0.15) is 82.4 Å². The third kappa shape index (κ3) is 4.98. The molecule has 5 nitrogen and oxygen atoms in total. The Morgan fingerprint density at radius 3 is 2.22 bits per heavy atom. The van der Waals surface area contributed by atoms with Crippen molar-refractivity contribution >= 4 is 12.3 Å². The highest BCUT2D eigenvalue weighted by Crippen LogP contribution is 2.50. The summed E-state index contributed by atoms with van der Waals surface area (Å²) in [6.07, 6.45) is 1.45. The molecule has 0 bridgehead atoms. The van der Waals surface area contributed by atoms with Gasteiger partial charge in [-0.1, -0.05) is 41.5 Å². The molecule has 172 valence electrons.